The van der Waals surface area contributed by atoms with Gasteiger partial charge in [0.25, 0.3) is 0 Å². The Labute approximate surface area is 146 Å². The Hall–Kier alpha value is -0.450. The molecule has 0 heterocycles. The van der Waals surface area contributed by atoms with Crippen LogP contribution >= 0.6 is 0 Å². The highest BCUT2D eigenvalue weighted by Crippen LogP contribution is 2.44. The van der Waals surface area contributed by atoms with E-state index in [4.69, 9.17) is 9.47 Å². The van der Waals surface area contributed by atoms with E-state index in [-0.39, 0.29) is 12.0 Å². The van der Waals surface area contributed by atoms with Crippen molar-refractivity contribution in [3.63, 3.8) is 0 Å². The molecule has 0 saturated heterocycles. The van der Waals surface area contributed by atoms with Gasteiger partial charge in [0, 0.05) is 18.9 Å². The first kappa shape index (κ1) is 18.3. The molecule has 0 aromatic carbocycles. The number of carbonyl (C=O) groups is 1. The molecule has 0 spiro atoms. The average Bonchev–Trinajstić information content (AvgIpc) is 2.61. The van der Waals surface area contributed by atoms with Gasteiger partial charge in [0.15, 0.2) is 6.29 Å². The van der Waals surface area contributed by atoms with Crippen LogP contribution in [0.25, 0.3) is 0 Å². The molecule has 4 heteroatoms. The minimum Gasteiger partial charge on any atom is -0.381 e. The fourth-order valence-electron chi connectivity index (χ4n) is 5.26. The van der Waals surface area contributed by atoms with Crippen LogP contribution in [0.1, 0.15) is 71.1 Å². The number of hydrogen-bond acceptors (Lipinski definition) is 4. The van der Waals surface area contributed by atoms with E-state index in [1.165, 1.54) is 0 Å². The highest BCUT2D eigenvalue weighted by atomic mass is 16.6. The molecule has 24 heavy (non-hydrogen) atoms. The highest BCUT2D eigenvalue weighted by Gasteiger charge is 2.38. The molecule has 0 bridgehead atoms. The van der Waals surface area contributed by atoms with Crippen LogP contribution in [0.2, 0.25) is 0 Å². The molecule has 0 radical (unpaired) electrons. The summed E-state index contributed by atoms with van der Waals surface area (Å²) in [5.41, 5.74) is 0. The summed E-state index contributed by atoms with van der Waals surface area (Å²) in [7, 11) is 1.78. The number of carbonyl (C=O) groups excluding carboxylic acids is 1. The summed E-state index contributed by atoms with van der Waals surface area (Å²) in [6.45, 7) is 1.74. The van der Waals surface area contributed by atoms with Crippen LogP contribution in [0, 0.1) is 23.7 Å². The molecule has 0 amide bonds. The van der Waals surface area contributed by atoms with Gasteiger partial charge in [-0.1, -0.05) is 0 Å². The Morgan fingerprint density at radius 2 is 1.54 bits per heavy atom. The second-order valence-corrected chi connectivity index (χ2v) is 8.37. The molecule has 5 atom stereocenters. The Morgan fingerprint density at radius 3 is 2.21 bits per heavy atom. The number of methoxy groups -OCH3 is 1. The summed E-state index contributed by atoms with van der Waals surface area (Å²) in [6, 6.07) is 0. The number of ketones is 1. The van der Waals surface area contributed by atoms with E-state index in [1.54, 1.807) is 14.0 Å². The van der Waals surface area contributed by atoms with Crippen LogP contribution in [0.15, 0.2) is 0 Å². The molecule has 3 saturated carbocycles. The Balaban J connectivity index is 1.44. The van der Waals surface area contributed by atoms with Gasteiger partial charge in [0.05, 0.1) is 12.2 Å². The number of hydrogen-bond donors (Lipinski definition) is 1. The van der Waals surface area contributed by atoms with E-state index in [1.807, 2.05) is 0 Å². The van der Waals surface area contributed by atoms with Crippen molar-refractivity contribution in [3.05, 3.63) is 0 Å². The molecule has 138 valence electrons. The average molecular weight is 338 g/mol. The molecule has 0 aromatic rings. The molecular formula is C20H34O4. The van der Waals surface area contributed by atoms with Crippen LogP contribution in [0.3, 0.4) is 0 Å². The molecule has 3 aliphatic rings. The van der Waals surface area contributed by atoms with Crippen LogP contribution in [0.5, 0.6) is 0 Å². The fourth-order valence-corrected chi connectivity index (χ4v) is 5.26. The normalized spacial score (nSPS) is 41.5. The number of rotatable bonds is 5. The topological polar surface area (TPSA) is 55.8 Å². The van der Waals surface area contributed by atoms with Crippen molar-refractivity contribution in [2.75, 3.05) is 7.11 Å². The van der Waals surface area contributed by atoms with Crippen molar-refractivity contribution in [2.24, 2.45) is 23.7 Å². The zero-order valence-electron chi connectivity index (χ0n) is 15.3. The number of Topliss-reactive ketones (excluding diaryl/α,β-unsaturated/α-hetero) is 1. The Kier molecular flexibility index (Phi) is 6.33. The van der Waals surface area contributed by atoms with Crippen molar-refractivity contribution in [3.8, 4) is 0 Å². The van der Waals surface area contributed by atoms with Gasteiger partial charge in [-0.3, -0.25) is 4.79 Å². The molecule has 0 aliphatic heterocycles. The van der Waals surface area contributed by atoms with Crippen LogP contribution in [0.4, 0.5) is 0 Å². The monoisotopic (exact) mass is 338 g/mol. The van der Waals surface area contributed by atoms with E-state index < -0.39 is 6.29 Å². The third kappa shape index (κ3) is 4.39. The maximum atomic E-state index is 11.6. The lowest BCUT2D eigenvalue weighted by molar-refractivity contribution is -0.188. The lowest BCUT2D eigenvalue weighted by Crippen LogP contribution is -2.39. The zero-order valence-corrected chi connectivity index (χ0v) is 15.3. The first-order chi connectivity index (χ1) is 11.6. The predicted molar refractivity (Wildman–Crippen MR) is 92.5 cm³/mol. The van der Waals surface area contributed by atoms with Crippen molar-refractivity contribution < 1.29 is 19.4 Å². The van der Waals surface area contributed by atoms with Crippen molar-refractivity contribution in [1.29, 1.82) is 0 Å². The molecule has 1 N–H and O–H groups in total. The summed E-state index contributed by atoms with van der Waals surface area (Å²) < 4.78 is 11.5. The van der Waals surface area contributed by atoms with E-state index in [2.05, 4.69) is 0 Å². The molecule has 3 aliphatic carbocycles. The lowest BCUT2D eigenvalue weighted by atomic mass is 9.66. The molecule has 4 nitrogen and oxygen atoms in total. The van der Waals surface area contributed by atoms with Crippen LogP contribution < -0.4 is 0 Å². The maximum Gasteiger partial charge on any atom is 0.157 e. The minimum absolute atomic E-state index is 0.204. The van der Waals surface area contributed by atoms with Gasteiger partial charge in [-0.2, -0.15) is 0 Å². The van der Waals surface area contributed by atoms with Crippen molar-refractivity contribution in [2.45, 2.75) is 89.6 Å². The van der Waals surface area contributed by atoms with E-state index in [0.717, 1.165) is 64.2 Å². The first-order valence-electron chi connectivity index (χ1n) is 9.93. The third-order valence-electron chi connectivity index (χ3n) is 6.93. The van der Waals surface area contributed by atoms with Crippen molar-refractivity contribution >= 4 is 5.78 Å². The van der Waals surface area contributed by atoms with Gasteiger partial charge in [-0.05, 0) is 83.0 Å². The second-order valence-electron chi connectivity index (χ2n) is 8.37. The van der Waals surface area contributed by atoms with Gasteiger partial charge in [0.2, 0.25) is 0 Å². The van der Waals surface area contributed by atoms with Crippen LogP contribution in [-0.2, 0) is 14.3 Å². The summed E-state index contributed by atoms with van der Waals surface area (Å²) in [5, 5.41) is 10.5. The van der Waals surface area contributed by atoms with Gasteiger partial charge >= 0.3 is 0 Å². The lowest BCUT2D eigenvalue weighted by Gasteiger charge is -2.42. The number of ether oxygens (including phenoxy) is 2. The van der Waals surface area contributed by atoms with Gasteiger partial charge in [0.1, 0.15) is 5.78 Å². The number of aliphatic hydroxyl groups excluding tert-OH is 1. The largest absolute Gasteiger partial charge is 0.381 e. The number of fused-ring (bicyclic) bond motifs is 1. The second kappa shape index (κ2) is 8.29. The smallest absolute Gasteiger partial charge is 0.157 e. The third-order valence-corrected chi connectivity index (χ3v) is 6.93. The summed E-state index contributed by atoms with van der Waals surface area (Å²) >= 11 is 0. The highest BCUT2D eigenvalue weighted by molar-refractivity contribution is 5.78. The van der Waals surface area contributed by atoms with E-state index in [9.17, 15) is 9.90 Å². The predicted octanol–water partition coefficient (Wildman–Crippen LogP) is 3.70. The minimum atomic E-state index is -0.613. The SMILES string of the molecule is COC1CCC(C(O)OC2CCC3CC(C(C)=O)CCC3C2)CC1. The quantitative estimate of drug-likeness (QED) is 0.777. The molecular weight excluding hydrogens is 304 g/mol. The fraction of sp³-hybridized carbons (Fsp3) is 0.950. The Morgan fingerprint density at radius 1 is 0.917 bits per heavy atom. The molecule has 5 unspecified atom stereocenters. The van der Waals surface area contributed by atoms with Gasteiger partial charge in [-0.25, -0.2) is 0 Å². The summed E-state index contributed by atoms with van der Waals surface area (Å²) in [6.07, 6.45) is 10.6. The molecule has 3 rings (SSSR count). The van der Waals surface area contributed by atoms with Crippen molar-refractivity contribution in [1.82, 2.24) is 0 Å². The van der Waals surface area contributed by atoms with Crippen LogP contribution in [-0.4, -0.2) is 36.5 Å². The van der Waals surface area contributed by atoms with E-state index in [0.29, 0.717) is 29.6 Å². The molecule has 3 fully saturated rings. The van der Waals surface area contributed by atoms with Gasteiger partial charge < -0.3 is 14.6 Å². The summed E-state index contributed by atoms with van der Waals surface area (Å²) in [5.74, 6) is 2.32. The molecule has 0 aromatic heterocycles. The maximum absolute atomic E-state index is 11.6. The standard InChI is InChI=1S/C20H34O4/c1-13(21)15-3-4-17-12-19(10-7-16(17)11-15)24-20(22)14-5-8-18(23-2)9-6-14/h14-20,22H,3-12H2,1-2H3. The first-order valence-corrected chi connectivity index (χ1v) is 9.93. The Bertz CT molecular complexity index is 416. The number of aliphatic hydroxyl groups is 1. The van der Waals surface area contributed by atoms with E-state index >= 15 is 0 Å². The van der Waals surface area contributed by atoms with Gasteiger partial charge in [-0.15, -0.1) is 0 Å². The zero-order chi connectivity index (χ0) is 17.1. The summed E-state index contributed by atoms with van der Waals surface area (Å²) in [4.78, 5) is 11.6.